The van der Waals surface area contributed by atoms with E-state index in [9.17, 15) is 14.4 Å². The summed E-state index contributed by atoms with van der Waals surface area (Å²) in [6.45, 7) is 1.69. The molecule has 0 aliphatic carbocycles. The highest BCUT2D eigenvalue weighted by Gasteiger charge is 2.13. The van der Waals surface area contributed by atoms with Gasteiger partial charge in [0.25, 0.3) is 5.56 Å². The van der Waals surface area contributed by atoms with Gasteiger partial charge in [-0.05, 0) is 55.0 Å². The molecule has 1 aromatic heterocycles. The molecule has 0 aliphatic rings. The lowest BCUT2D eigenvalue weighted by Gasteiger charge is -2.03. The molecule has 0 fully saturated rings. The quantitative estimate of drug-likeness (QED) is 0.417. The minimum atomic E-state index is -0.579. The molecule has 0 unspecified atom stereocenters. The number of nitrogens with zero attached hydrogens (tertiary/aromatic N) is 1. The Morgan fingerprint density at radius 3 is 2.23 bits per heavy atom. The number of esters is 1. The van der Waals surface area contributed by atoms with E-state index in [0.717, 1.165) is 16.9 Å². The number of hydrogen-bond donors (Lipinski definition) is 0. The lowest BCUT2D eigenvalue weighted by molar-refractivity contribution is -0.135. The number of rotatable bonds is 6. The predicted molar refractivity (Wildman–Crippen MR) is 120 cm³/mol. The summed E-state index contributed by atoms with van der Waals surface area (Å²) in [6.07, 6.45) is 2.92. The van der Waals surface area contributed by atoms with Crippen LogP contribution >= 0.6 is 34.5 Å². The van der Waals surface area contributed by atoms with Crippen LogP contribution in [0.25, 0.3) is 12.2 Å². The molecule has 0 bridgehead atoms. The molecule has 0 amide bonds. The number of carbonyl (C=O) groups is 2. The number of halogens is 2. The molecular formula is C22H17Cl2NO4S. The van der Waals surface area contributed by atoms with Crippen molar-refractivity contribution in [3.63, 3.8) is 0 Å². The Balaban J connectivity index is 2.07. The molecule has 0 N–H and O–H groups in total. The molecule has 0 spiro atoms. The third-order valence-corrected chi connectivity index (χ3v) is 5.66. The van der Waals surface area contributed by atoms with Crippen LogP contribution in [-0.2, 0) is 16.1 Å². The molecule has 0 aliphatic heterocycles. The molecular weight excluding hydrogens is 445 g/mol. The van der Waals surface area contributed by atoms with Crippen LogP contribution in [-0.4, -0.2) is 22.9 Å². The van der Waals surface area contributed by atoms with Crippen molar-refractivity contribution in [1.82, 2.24) is 4.57 Å². The molecule has 0 radical (unpaired) electrons. The number of thiazole rings is 1. The largest absolute Gasteiger partial charge is 0.463 e. The van der Waals surface area contributed by atoms with Crippen LogP contribution in [0.15, 0.2) is 53.3 Å². The Labute approximate surface area is 186 Å². The third kappa shape index (κ3) is 5.48. The van der Waals surface area contributed by atoms with Crippen LogP contribution in [0.5, 0.6) is 0 Å². The van der Waals surface area contributed by atoms with Crippen LogP contribution in [0, 0.1) is 0 Å². The van der Waals surface area contributed by atoms with E-state index in [0.29, 0.717) is 24.8 Å². The molecule has 154 valence electrons. The zero-order valence-corrected chi connectivity index (χ0v) is 18.3. The van der Waals surface area contributed by atoms with Gasteiger partial charge in [0.1, 0.15) is 4.66 Å². The Hall–Kier alpha value is -2.67. The van der Waals surface area contributed by atoms with E-state index in [-0.39, 0.29) is 24.5 Å². The molecule has 0 saturated heterocycles. The fourth-order valence-corrected chi connectivity index (χ4v) is 3.94. The highest BCUT2D eigenvalue weighted by Crippen LogP contribution is 2.11. The first kappa shape index (κ1) is 22.0. The standard InChI is InChI=1S/C22H17Cl2NO4S/c1-2-29-21(27)12-20-25(13-18(26)15-5-9-17(24)10-6-15)22(28)19(30-20)11-14-3-7-16(23)8-4-14/h3-12H,2,13H2,1H3. The first-order chi connectivity index (χ1) is 14.4. The van der Waals surface area contributed by atoms with E-state index in [2.05, 4.69) is 0 Å². The average molecular weight is 462 g/mol. The molecule has 5 nitrogen and oxygen atoms in total. The van der Waals surface area contributed by atoms with E-state index in [1.54, 1.807) is 61.5 Å². The smallest absolute Gasteiger partial charge is 0.333 e. The number of ether oxygens (including phenoxy) is 1. The topological polar surface area (TPSA) is 65.4 Å². The zero-order chi connectivity index (χ0) is 21.7. The van der Waals surface area contributed by atoms with E-state index >= 15 is 0 Å². The van der Waals surface area contributed by atoms with Crippen LogP contribution in [0.2, 0.25) is 10.0 Å². The van der Waals surface area contributed by atoms with E-state index in [1.165, 1.54) is 10.6 Å². The first-order valence-electron chi connectivity index (χ1n) is 9.01. The minimum absolute atomic E-state index is 0.207. The van der Waals surface area contributed by atoms with Crippen molar-refractivity contribution in [2.24, 2.45) is 0 Å². The highest BCUT2D eigenvalue weighted by molar-refractivity contribution is 7.07. The van der Waals surface area contributed by atoms with Crippen molar-refractivity contribution < 1.29 is 14.3 Å². The average Bonchev–Trinajstić information content (AvgIpc) is 2.99. The normalized spacial score (nSPS) is 12.2. The van der Waals surface area contributed by atoms with Crippen molar-refractivity contribution in [3.8, 4) is 0 Å². The maximum Gasteiger partial charge on any atom is 0.333 e. The maximum absolute atomic E-state index is 13.0. The monoisotopic (exact) mass is 461 g/mol. The Kier molecular flexibility index (Phi) is 7.26. The Morgan fingerprint density at radius 2 is 1.63 bits per heavy atom. The fraction of sp³-hybridized carbons (Fsp3) is 0.136. The summed E-state index contributed by atoms with van der Waals surface area (Å²) in [6, 6.07) is 13.4. The van der Waals surface area contributed by atoms with Gasteiger partial charge in [-0.25, -0.2) is 4.79 Å². The van der Waals surface area contributed by atoms with Crippen LogP contribution in [0.3, 0.4) is 0 Å². The maximum atomic E-state index is 13.0. The first-order valence-corrected chi connectivity index (χ1v) is 10.6. The Bertz CT molecular complexity index is 1240. The van der Waals surface area contributed by atoms with Gasteiger partial charge in [0.05, 0.1) is 23.8 Å². The third-order valence-electron chi connectivity index (χ3n) is 4.10. The predicted octanol–water partition coefficient (Wildman–Crippen LogP) is 3.27. The van der Waals surface area contributed by atoms with E-state index in [4.69, 9.17) is 27.9 Å². The molecule has 3 rings (SSSR count). The Morgan fingerprint density at radius 1 is 1.03 bits per heavy atom. The van der Waals surface area contributed by atoms with Crippen LogP contribution in [0.4, 0.5) is 0 Å². The van der Waals surface area contributed by atoms with Crippen LogP contribution in [0.1, 0.15) is 22.8 Å². The zero-order valence-electron chi connectivity index (χ0n) is 15.9. The number of aromatic nitrogens is 1. The molecule has 2 aromatic carbocycles. The summed E-state index contributed by atoms with van der Waals surface area (Å²) in [5.74, 6) is -0.854. The molecule has 3 aromatic rings. The van der Waals surface area contributed by atoms with Crippen LogP contribution < -0.4 is 14.8 Å². The highest BCUT2D eigenvalue weighted by atomic mass is 35.5. The van der Waals surface area contributed by atoms with Gasteiger partial charge in [-0.3, -0.25) is 14.2 Å². The lowest BCUT2D eigenvalue weighted by Crippen LogP contribution is -2.34. The van der Waals surface area contributed by atoms with E-state index in [1.807, 2.05) is 0 Å². The van der Waals surface area contributed by atoms with Gasteiger partial charge in [0.2, 0.25) is 0 Å². The second-order valence-corrected chi connectivity index (χ2v) is 8.15. The van der Waals surface area contributed by atoms with Gasteiger partial charge in [-0.2, -0.15) is 0 Å². The van der Waals surface area contributed by atoms with E-state index < -0.39 is 5.97 Å². The molecule has 30 heavy (non-hydrogen) atoms. The molecule has 0 saturated carbocycles. The fourth-order valence-electron chi connectivity index (χ4n) is 2.66. The summed E-state index contributed by atoms with van der Waals surface area (Å²) < 4.78 is 6.95. The summed E-state index contributed by atoms with van der Waals surface area (Å²) in [4.78, 5) is 37.6. The minimum Gasteiger partial charge on any atom is -0.463 e. The lowest BCUT2D eigenvalue weighted by atomic mass is 10.1. The number of benzene rings is 2. The summed E-state index contributed by atoms with van der Waals surface area (Å²) in [5.41, 5.74) is 0.826. The van der Waals surface area contributed by atoms with Crippen molar-refractivity contribution in [1.29, 1.82) is 0 Å². The van der Waals surface area contributed by atoms with Gasteiger partial charge in [0, 0.05) is 15.6 Å². The van der Waals surface area contributed by atoms with Gasteiger partial charge < -0.3 is 4.74 Å². The van der Waals surface area contributed by atoms with Crippen molar-refractivity contribution in [2.75, 3.05) is 6.61 Å². The molecule has 0 atom stereocenters. The SMILES string of the molecule is CCOC(=O)C=c1sc(=Cc2ccc(Cl)cc2)c(=O)n1CC(=O)c1ccc(Cl)cc1. The van der Waals surface area contributed by atoms with Gasteiger partial charge in [-0.1, -0.05) is 35.3 Å². The molecule has 1 heterocycles. The van der Waals surface area contributed by atoms with Gasteiger partial charge in [0.15, 0.2) is 5.78 Å². The number of ketones is 1. The van der Waals surface area contributed by atoms with Gasteiger partial charge >= 0.3 is 5.97 Å². The summed E-state index contributed by atoms with van der Waals surface area (Å²) >= 11 is 12.9. The number of hydrogen-bond acceptors (Lipinski definition) is 5. The molecule has 8 heteroatoms. The van der Waals surface area contributed by atoms with Gasteiger partial charge in [-0.15, -0.1) is 11.3 Å². The summed E-state index contributed by atoms with van der Waals surface area (Å²) in [5, 5.41) is 1.09. The number of Topliss-reactive ketones (excluding diaryl/α,β-unsaturated/α-hetero) is 1. The van der Waals surface area contributed by atoms with Crippen molar-refractivity contribution in [3.05, 3.63) is 89.3 Å². The second kappa shape index (κ2) is 9.89. The number of carbonyl (C=O) groups excluding carboxylic acids is 2. The second-order valence-electron chi connectivity index (χ2n) is 6.22. The van der Waals surface area contributed by atoms with Crippen molar-refractivity contribution in [2.45, 2.75) is 13.5 Å². The van der Waals surface area contributed by atoms with Crippen molar-refractivity contribution >= 4 is 58.4 Å². The summed E-state index contributed by atoms with van der Waals surface area (Å²) in [7, 11) is 0.